The van der Waals surface area contributed by atoms with Crippen LogP contribution in [0.5, 0.6) is 0 Å². The summed E-state index contributed by atoms with van der Waals surface area (Å²) in [6.45, 7) is 3.00. The lowest BCUT2D eigenvalue weighted by Crippen LogP contribution is -2.52. The van der Waals surface area contributed by atoms with E-state index in [4.69, 9.17) is 5.73 Å². The fourth-order valence-corrected chi connectivity index (χ4v) is 0.693. The number of rotatable bonds is 3. The van der Waals surface area contributed by atoms with Gasteiger partial charge in [0.05, 0.1) is 7.11 Å². The van der Waals surface area contributed by atoms with Gasteiger partial charge >= 0.3 is 5.97 Å². The van der Waals surface area contributed by atoms with Crippen LogP contribution >= 0.6 is 0 Å². The number of nitrogens with two attached hydrogens (primary N) is 1. The molecule has 0 aromatic rings. The third-order valence-corrected chi connectivity index (χ3v) is 1.51. The third kappa shape index (κ3) is 2.01. The van der Waals surface area contributed by atoms with E-state index in [2.05, 4.69) is 4.74 Å². The summed E-state index contributed by atoms with van der Waals surface area (Å²) in [6, 6.07) is 0. The van der Waals surface area contributed by atoms with Gasteiger partial charge in [0.15, 0.2) is 11.3 Å². The molecule has 0 heterocycles. The highest BCUT2D eigenvalue weighted by atomic mass is 16.5. The number of hydrogen-bond donors (Lipinski definition) is 1. The maximum absolute atomic E-state index is 11.0. The van der Waals surface area contributed by atoms with E-state index in [-0.39, 0.29) is 12.2 Å². The second kappa shape index (κ2) is 3.48. The van der Waals surface area contributed by atoms with Gasteiger partial charge in [0.1, 0.15) is 0 Å². The topological polar surface area (TPSA) is 69.4 Å². The van der Waals surface area contributed by atoms with E-state index in [1.165, 1.54) is 14.0 Å². The maximum Gasteiger partial charge on any atom is 0.333 e. The molecule has 0 aromatic heterocycles. The summed E-state index contributed by atoms with van der Waals surface area (Å²) in [5.74, 6) is -1.01. The molecule has 0 saturated carbocycles. The molecular weight excluding hydrogens is 146 g/mol. The summed E-state index contributed by atoms with van der Waals surface area (Å²) in [7, 11) is 1.20. The zero-order valence-electron chi connectivity index (χ0n) is 7.01. The summed E-state index contributed by atoms with van der Waals surface area (Å²) < 4.78 is 4.35. The Morgan fingerprint density at radius 2 is 2.00 bits per heavy atom. The van der Waals surface area contributed by atoms with Crippen LogP contribution in [-0.4, -0.2) is 24.4 Å². The Hall–Kier alpha value is -0.900. The molecule has 0 rings (SSSR count). The van der Waals surface area contributed by atoms with Crippen molar-refractivity contribution in [2.45, 2.75) is 25.8 Å². The van der Waals surface area contributed by atoms with E-state index in [9.17, 15) is 9.59 Å². The van der Waals surface area contributed by atoms with Crippen molar-refractivity contribution in [2.24, 2.45) is 5.73 Å². The largest absolute Gasteiger partial charge is 0.467 e. The number of esters is 1. The Labute approximate surface area is 65.7 Å². The average Bonchev–Trinajstić information content (AvgIpc) is 2.01. The first-order valence-corrected chi connectivity index (χ1v) is 3.37. The fourth-order valence-electron chi connectivity index (χ4n) is 0.693. The first-order chi connectivity index (χ1) is 4.96. The molecule has 0 aliphatic carbocycles. The van der Waals surface area contributed by atoms with Crippen LogP contribution in [0.4, 0.5) is 0 Å². The SMILES string of the molecule is CCC(=O)[C@@](C)(N)C(=O)OC. The standard InChI is InChI=1S/C7H13NO3/c1-4-5(9)7(2,8)6(10)11-3/h4,8H2,1-3H3/t7-/m1/s1. The number of ether oxygens (including phenoxy) is 1. The van der Waals surface area contributed by atoms with Gasteiger partial charge in [0.25, 0.3) is 0 Å². The van der Waals surface area contributed by atoms with Gasteiger partial charge in [0.2, 0.25) is 0 Å². The summed E-state index contributed by atoms with van der Waals surface area (Å²) in [6.07, 6.45) is 0.238. The molecule has 4 nitrogen and oxygen atoms in total. The van der Waals surface area contributed by atoms with Gasteiger partial charge in [-0.05, 0) is 6.92 Å². The van der Waals surface area contributed by atoms with E-state index in [0.29, 0.717) is 0 Å². The molecule has 64 valence electrons. The molecule has 0 radical (unpaired) electrons. The van der Waals surface area contributed by atoms with Crippen LogP contribution in [-0.2, 0) is 14.3 Å². The first-order valence-electron chi connectivity index (χ1n) is 3.37. The highest BCUT2D eigenvalue weighted by Crippen LogP contribution is 2.05. The van der Waals surface area contributed by atoms with Gasteiger partial charge in [-0.1, -0.05) is 6.92 Å². The monoisotopic (exact) mass is 159 g/mol. The molecule has 0 aliphatic rings. The highest BCUT2D eigenvalue weighted by molar-refractivity contribution is 6.07. The molecule has 2 N–H and O–H groups in total. The van der Waals surface area contributed by atoms with Crippen LogP contribution in [0, 0.1) is 0 Å². The number of carbonyl (C=O) groups excluding carboxylic acids is 2. The summed E-state index contributed by atoms with van der Waals surface area (Å²) in [5, 5.41) is 0. The van der Waals surface area contributed by atoms with Gasteiger partial charge in [-0.25, -0.2) is 4.79 Å². The smallest absolute Gasteiger partial charge is 0.333 e. The maximum atomic E-state index is 11.0. The van der Waals surface area contributed by atoms with Crippen molar-refractivity contribution in [3.05, 3.63) is 0 Å². The molecule has 1 atom stereocenters. The van der Waals surface area contributed by atoms with Crippen LogP contribution in [0.3, 0.4) is 0 Å². The number of ketones is 1. The number of carbonyl (C=O) groups is 2. The lowest BCUT2D eigenvalue weighted by Gasteiger charge is -2.18. The zero-order chi connectivity index (χ0) is 9.07. The van der Waals surface area contributed by atoms with Crippen molar-refractivity contribution in [2.75, 3.05) is 7.11 Å². The fraction of sp³-hybridized carbons (Fsp3) is 0.714. The van der Waals surface area contributed by atoms with Crippen molar-refractivity contribution < 1.29 is 14.3 Å². The van der Waals surface area contributed by atoms with Crippen molar-refractivity contribution in [1.29, 1.82) is 0 Å². The molecule has 0 aromatic carbocycles. The molecular formula is C7H13NO3. The predicted octanol–water partition coefficient (Wildman–Crippen LogP) is -0.144. The lowest BCUT2D eigenvalue weighted by atomic mass is 9.96. The number of hydrogen-bond acceptors (Lipinski definition) is 4. The summed E-state index contributed by atoms with van der Waals surface area (Å²) >= 11 is 0. The van der Waals surface area contributed by atoms with E-state index >= 15 is 0 Å². The minimum Gasteiger partial charge on any atom is -0.467 e. The Balaban J connectivity index is 4.44. The molecule has 0 fully saturated rings. The molecule has 0 aliphatic heterocycles. The Bertz CT molecular complexity index is 157. The summed E-state index contributed by atoms with van der Waals surface area (Å²) in [5.41, 5.74) is 3.92. The van der Waals surface area contributed by atoms with Crippen molar-refractivity contribution in [3.8, 4) is 0 Å². The van der Waals surface area contributed by atoms with Crippen LogP contribution in [0.25, 0.3) is 0 Å². The van der Waals surface area contributed by atoms with Crippen LogP contribution in [0.1, 0.15) is 20.3 Å². The van der Waals surface area contributed by atoms with Gasteiger partial charge in [0, 0.05) is 6.42 Å². The zero-order valence-corrected chi connectivity index (χ0v) is 7.01. The molecule has 0 saturated heterocycles. The van der Waals surface area contributed by atoms with E-state index in [1.807, 2.05) is 0 Å². The second-order valence-corrected chi connectivity index (χ2v) is 2.47. The minimum atomic E-state index is -1.48. The minimum absolute atomic E-state index is 0.238. The Morgan fingerprint density at radius 1 is 1.55 bits per heavy atom. The Kier molecular flexibility index (Phi) is 3.19. The second-order valence-electron chi connectivity index (χ2n) is 2.47. The average molecular weight is 159 g/mol. The molecule has 0 amide bonds. The van der Waals surface area contributed by atoms with Crippen molar-refractivity contribution >= 4 is 11.8 Å². The van der Waals surface area contributed by atoms with E-state index < -0.39 is 11.5 Å². The van der Waals surface area contributed by atoms with Gasteiger partial charge in [-0.15, -0.1) is 0 Å². The molecule has 0 unspecified atom stereocenters. The van der Waals surface area contributed by atoms with E-state index in [1.54, 1.807) is 6.92 Å². The summed E-state index contributed by atoms with van der Waals surface area (Å²) in [4.78, 5) is 21.9. The van der Waals surface area contributed by atoms with Gasteiger partial charge in [-0.3, -0.25) is 4.79 Å². The van der Waals surface area contributed by atoms with Crippen molar-refractivity contribution in [1.82, 2.24) is 0 Å². The number of Topliss-reactive ketones (excluding diaryl/α,β-unsaturated/α-hetero) is 1. The first kappa shape index (κ1) is 10.1. The lowest BCUT2D eigenvalue weighted by molar-refractivity contribution is -0.150. The highest BCUT2D eigenvalue weighted by Gasteiger charge is 2.36. The van der Waals surface area contributed by atoms with Crippen LogP contribution in [0.2, 0.25) is 0 Å². The molecule has 11 heavy (non-hydrogen) atoms. The number of methoxy groups -OCH3 is 1. The van der Waals surface area contributed by atoms with Gasteiger partial charge < -0.3 is 10.5 Å². The Morgan fingerprint density at radius 3 is 2.27 bits per heavy atom. The predicted molar refractivity (Wildman–Crippen MR) is 39.9 cm³/mol. The van der Waals surface area contributed by atoms with Crippen molar-refractivity contribution in [3.63, 3.8) is 0 Å². The van der Waals surface area contributed by atoms with Crippen LogP contribution < -0.4 is 5.73 Å². The van der Waals surface area contributed by atoms with Crippen LogP contribution in [0.15, 0.2) is 0 Å². The molecule has 0 spiro atoms. The quantitative estimate of drug-likeness (QED) is 0.459. The third-order valence-electron chi connectivity index (χ3n) is 1.51. The van der Waals surface area contributed by atoms with E-state index in [0.717, 1.165) is 0 Å². The molecule has 4 heteroatoms. The van der Waals surface area contributed by atoms with Gasteiger partial charge in [-0.2, -0.15) is 0 Å². The normalized spacial score (nSPS) is 15.3. The molecule has 0 bridgehead atoms.